The van der Waals surface area contributed by atoms with Crippen molar-refractivity contribution in [1.82, 2.24) is 38.7 Å². The lowest BCUT2D eigenvalue weighted by Gasteiger charge is -2.04. The molecule has 6 heterocycles. The number of nitrogens with one attached hydrogen (secondary N) is 2. The van der Waals surface area contributed by atoms with Crippen LogP contribution in [0, 0.1) is 11.8 Å². The van der Waals surface area contributed by atoms with Crippen molar-refractivity contribution in [2.75, 3.05) is 10.6 Å². The van der Waals surface area contributed by atoms with E-state index in [4.69, 9.17) is 0 Å². The Morgan fingerprint density at radius 1 is 0.736 bits per heavy atom. The quantitative estimate of drug-likeness (QED) is 0.201. The molecule has 0 saturated heterocycles. The van der Waals surface area contributed by atoms with Gasteiger partial charge in [-0.2, -0.15) is 0 Å². The number of carbonyl (C=O) groups excluding carboxylic acids is 2. The van der Waals surface area contributed by atoms with Crippen molar-refractivity contribution in [3.63, 3.8) is 0 Å². The second-order valence-corrected chi connectivity index (χ2v) is 17.8. The van der Waals surface area contributed by atoms with Gasteiger partial charge in [0.2, 0.25) is 33.2 Å². The van der Waals surface area contributed by atoms with Crippen molar-refractivity contribution < 1.29 is 22.2 Å². The van der Waals surface area contributed by atoms with Gasteiger partial charge < -0.3 is 10.6 Å². The molecular weight excluding hydrogens is 757 g/mol. The third-order valence-electron chi connectivity index (χ3n) is 8.58. The molecule has 2 aromatic carbocycles. The molecule has 6 aromatic heterocycles. The van der Waals surface area contributed by atoms with Crippen molar-refractivity contribution in [2.45, 2.75) is 45.5 Å². The van der Waals surface area contributed by atoms with Crippen molar-refractivity contribution in [3.8, 4) is 0 Å². The average molecular weight is 783 g/mol. The molecule has 266 valence electrons. The van der Waals surface area contributed by atoms with Crippen molar-refractivity contribution in [1.29, 1.82) is 0 Å². The molecule has 53 heavy (non-hydrogen) atoms. The highest BCUT2D eigenvalue weighted by atomic mass is 32.2. The number of nitrogens with zero attached hydrogens (tertiary/aromatic N) is 8. The van der Waals surface area contributed by atoms with Gasteiger partial charge in [-0.3, -0.25) is 18.4 Å². The van der Waals surface area contributed by atoms with Crippen molar-refractivity contribution >= 4 is 97.4 Å². The maximum Gasteiger partial charge on any atom is 0.234 e. The van der Waals surface area contributed by atoms with E-state index in [1.165, 1.54) is 39.3 Å². The van der Waals surface area contributed by atoms with Crippen LogP contribution < -0.4 is 10.6 Å². The van der Waals surface area contributed by atoms with Crippen LogP contribution in [0.2, 0.25) is 0 Å². The normalized spacial score (nSPS) is 15.0. The highest BCUT2D eigenvalue weighted by Crippen LogP contribution is 2.35. The van der Waals surface area contributed by atoms with Gasteiger partial charge in [0.15, 0.2) is 15.3 Å². The first-order valence-electron chi connectivity index (χ1n) is 16.4. The van der Waals surface area contributed by atoms with Crippen LogP contribution in [0.1, 0.15) is 25.7 Å². The van der Waals surface area contributed by atoms with Crippen LogP contribution in [0.25, 0.3) is 32.0 Å². The Bertz CT molecular complexity index is 2870. The molecule has 1 atom stereocenters. The number of benzene rings is 2. The SMILES string of the molecule is O=C(Nc1nc2ccc(S(=O)(=O)c3cnc4ncccn34)cc2s1)C1CC1.O=C(Nc1nc2ccc(S(=O)c3cnc4ncccn34)cc2s1)C1CC1. The predicted molar refractivity (Wildman–Crippen MR) is 198 cm³/mol. The number of rotatable bonds is 8. The summed E-state index contributed by atoms with van der Waals surface area (Å²) in [5.41, 5.74) is 1.42. The minimum Gasteiger partial charge on any atom is -0.302 e. The number of fused-ring (bicyclic) bond motifs is 4. The van der Waals surface area contributed by atoms with Gasteiger partial charge in [0.05, 0.1) is 37.7 Å². The van der Waals surface area contributed by atoms with E-state index in [-0.39, 0.29) is 33.6 Å². The molecule has 15 nitrogen and oxygen atoms in total. The molecule has 0 radical (unpaired) electrons. The van der Waals surface area contributed by atoms with Crippen LogP contribution in [0.3, 0.4) is 0 Å². The van der Waals surface area contributed by atoms with E-state index in [1.54, 1.807) is 65.7 Å². The number of carbonyl (C=O) groups is 2. The molecule has 2 aliphatic carbocycles. The van der Waals surface area contributed by atoms with Crippen LogP contribution in [0.15, 0.2) is 106 Å². The van der Waals surface area contributed by atoms with Gasteiger partial charge in [0.1, 0.15) is 15.8 Å². The van der Waals surface area contributed by atoms with E-state index >= 15 is 0 Å². The number of thiazole rings is 2. The van der Waals surface area contributed by atoms with E-state index in [2.05, 4.69) is 40.5 Å². The zero-order chi connectivity index (χ0) is 36.3. The third-order valence-corrected chi connectivity index (χ3v) is 13.5. The zero-order valence-electron chi connectivity index (χ0n) is 27.3. The highest BCUT2D eigenvalue weighted by molar-refractivity contribution is 7.91. The van der Waals surface area contributed by atoms with Crippen molar-refractivity contribution in [3.05, 3.63) is 85.7 Å². The van der Waals surface area contributed by atoms with E-state index in [9.17, 15) is 22.2 Å². The Morgan fingerprint density at radius 3 is 1.94 bits per heavy atom. The monoisotopic (exact) mass is 782 g/mol. The number of hydrogen-bond acceptors (Lipinski definition) is 13. The summed E-state index contributed by atoms with van der Waals surface area (Å²) in [5, 5.41) is 7.35. The zero-order valence-corrected chi connectivity index (χ0v) is 30.6. The van der Waals surface area contributed by atoms with Gasteiger partial charge >= 0.3 is 0 Å². The number of amides is 2. The molecule has 1 unspecified atom stereocenters. The van der Waals surface area contributed by atoms with E-state index in [0.717, 1.165) is 35.9 Å². The molecule has 8 aromatic rings. The third kappa shape index (κ3) is 6.56. The lowest BCUT2D eigenvalue weighted by Crippen LogP contribution is -2.12. The molecule has 0 bridgehead atoms. The standard InChI is InChI=1S/C17H13N5O3S2.C17H13N5O2S2/c23-15(10-2-3-10)21-17-20-12-5-4-11(8-13(12)26-17)27(24,25)14-9-19-16-18-6-1-7-22(14)16;23-15(10-2-3-10)21-17-20-12-5-4-11(8-13(12)25-17)26(24)14-9-19-16-18-6-1-7-22(14)16/h1,4-10H,2-3H2,(H,20,21,23);1,4-10H,2-3H2,(H,20,21,23). The average Bonchev–Trinajstić information content (AvgIpc) is 4.02. The molecule has 2 amide bonds. The van der Waals surface area contributed by atoms with Crippen molar-refractivity contribution in [2.24, 2.45) is 11.8 Å². The summed E-state index contributed by atoms with van der Waals surface area (Å²) in [7, 11) is -5.17. The number of sulfone groups is 1. The summed E-state index contributed by atoms with van der Waals surface area (Å²) in [6.07, 6.45) is 13.2. The molecule has 0 aliphatic heterocycles. The number of hydrogen-bond donors (Lipinski definition) is 2. The van der Waals surface area contributed by atoms with Crippen LogP contribution in [0.5, 0.6) is 0 Å². The Hall–Kier alpha value is -5.50. The first-order chi connectivity index (χ1) is 25.7. The molecule has 2 fully saturated rings. The summed E-state index contributed by atoms with van der Waals surface area (Å²) >= 11 is 2.65. The summed E-state index contributed by atoms with van der Waals surface area (Å²) in [6, 6.07) is 13.6. The fraction of sp³-hybridized carbons (Fsp3) is 0.176. The highest BCUT2D eigenvalue weighted by Gasteiger charge is 2.31. The minimum absolute atomic E-state index is 0.0277. The topological polar surface area (TPSA) is 196 Å². The molecule has 10 rings (SSSR count). The number of imidazole rings is 2. The van der Waals surface area contributed by atoms with Gasteiger partial charge in [-0.25, -0.2) is 42.5 Å². The van der Waals surface area contributed by atoms with Gasteiger partial charge in [-0.05, 0) is 74.2 Å². The molecule has 0 spiro atoms. The fourth-order valence-electron chi connectivity index (χ4n) is 5.49. The summed E-state index contributed by atoms with van der Waals surface area (Å²) in [5.74, 6) is 1.05. The molecular formula is C34H26N10O5S4. The summed E-state index contributed by atoms with van der Waals surface area (Å²) in [4.78, 5) is 49.8. The number of aromatic nitrogens is 8. The van der Waals surface area contributed by atoms with E-state index in [1.807, 2.05) is 12.1 Å². The molecule has 19 heteroatoms. The Kier molecular flexibility index (Phi) is 8.28. The van der Waals surface area contributed by atoms with Crippen LogP contribution in [0.4, 0.5) is 10.3 Å². The lowest BCUT2D eigenvalue weighted by atomic mass is 10.3. The van der Waals surface area contributed by atoms with Crippen LogP contribution in [-0.4, -0.2) is 63.1 Å². The predicted octanol–water partition coefficient (Wildman–Crippen LogP) is 5.37. The Morgan fingerprint density at radius 2 is 1.30 bits per heavy atom. The molecule has 2 N–H and O–H groups in total. The molecule has 2 saturated carbocycles. The first kappa shape index (κ1) is 33.3. The smallest absolute Gasteiger partial charge is 0.234 e. The van der Waals surface area contributed by atoms with Gasteiger partial charge in [-0.15, -0.1) is 0 Å². The summed E-state index contributed by atoms with van der Waals surface area (Å²) < 4.78 is 43.8. The minimum atomic E-state index is -3.78. The lowest BCUT2D eigenvalue weighted by molar-refractivity contribution is -0.118. The van der Waals surface area contributed by atoms with Crippen LogP contribution in [-0.2, 0) is 30.2 Å². The van der Waals surface area contributed by atoms with E-state index in [0.29, 0.717) is 42.0 Å². The van der Waals surface area contributed by atoms with Gasteiger partial charge in [0, 0.05) is 41.5 Å². The maximum atomic E-state index is 13.1. The fourth-order valence-corrected chi connectivity index (χ4v) is 9.94. The first-order valence-corrected chi connectivity index (χ1v) is 20.6. The second-order valence-electron chi connectivity index (χ2n) is 12.4. The molecule has 2 aliphatic rings. The van der Waals surface area contributed by atoms with Gasteiger partial charge in [-0.1, -0.05) is 22.7 Å². The largest absolute Gasteiger partial charge is 0.302 e. The van der Waals surface area contributed by atoms with Gasteiger partial charge in [0.25, 0.3) is 0 Å². The number of anilines is 2. The Balaban J connectivity index is 0.000000141. The van der Waals surface area contributed by atoms with Crippen LogP contribution >= 0.6 is 22.7 Å². The summed E-state index contributed by atoms with van der Waals surface area (Å²) in [6.45, 7) is 0. The second kappa shape index (κ2) is 13.2. The maximum absolute atomic E-state index is 13.1. The Labute approximate surface area is 310 Å². The van der Waals surface area contributed by atoms with E-state index < -0.39 is 20.6 Å².